The Morgan fingerprint density at radius 1 is 1.22 bits per heavy atom. The van der Waals surface area contributed by atoms with Gasteiger partial charge in [0, 0.05) is 59.4 Å². The van der Waals surface area contributed by atoms with Gasteiger partial charge in [-0.25, -0.2) is 0 Å². The summed E-state index contributed by atoms with van der Waals surface area (Å²) in [5.41, 5.74) is 0. The number of guanidine groups is 1. The Hall–Kier alpha value is -0.120. The number of methoxy groups -OCH3 is 2. The first-order chi connectivity index (χ1) is 10.8. The average molecular weight is 440 g/mol. The van der Waals surface area contributed by atoms with E-state index in [1.54, 1.807) is 14.2 Å². The van der Waals surface area contributed by atoms with Gasteiger partial charge in [0.25, 0.3) is 0 Å². The topological polar surface area (TPSA) is 49.3 Å². The molecule has 0 aromatic rings. The van der Waals surface area contributed by atoms with Gasteiger partial charge in [0.05, 0.1) is 13.2 Å². The zero-order chi connectivity index (χ0) is 15.8. The maximum Gasteiger partial charge on any atom is 0.193 e. The molecular weight excluding hydrogens is 407 g/mol. The molecule has 2 atom stereocenters. The second kappa shape index (κ2) is 11.4. The molecule has 6 nitrogen and oxygen atoms in total. The summed E-state index contributed by atoms with van der Waals surface area (Å²) in [7, 11) is 5.43. The van der Waals surface area contributed by atoms with Crippen molar-refractivity contribution in [1.82, 2.24) is 15.1 Å². The van der Waals surface area contributed by atoms with E-state index in [9.17, 15) is 0 Å². The molecule has 1 N–H and O–H groups in total. The normalized spacial score (nSPS) is 25.7. The highest BCUT2D eigenvalue weighted by atomic mass is 127. The summed E-state index contributed by atoms with van der Waals surface area (Å²) in [5, 5.41) is 3.57. The first kappa shape index (κ1) is 20.9. The molecule has 2 fully saturated rings. The van der Waals surface area contributed by atoms with Gasteiger partial charge in [-0.15, -0.1) is 24.0 Å². The Bertz CT molecular complexity index is 357. The molecule has 2 aliphatic rings. The summed E-state index contributed by atoms with van der Waals surface area (Å²) in [6.45, 7) is 6.98. The molecule has 2 unspecified atom stereocenters. The Morgan fingerprint density at radius 3 is 2.74 bits per heavy atom. The third-order valence-corrected chi connectivity index (χ3v) is 4.78. The SMILES string of the molecule is CN=C(NCC1CCCN1CCOC)N1CCC(COC)C1.I. The number of aliphatic imine (C=N–C) groups is 1. The van der Waals surface area contributed by atoms with Crippen molar-refractivity contribution in [3.05, 3.63) is 0 Å². The lowest BCUT2D eigenvalue weighted by Crippen LogP contribution is -2.46. The predicted octanol–water partition coefficient (Wildman–Crippen LogP) is 1.26. The van der Waals surface area contributed by atoms with E-state index < -0.39 is 0 Å². The minimum atomic E-state index is 0. The van der Waals surface area contributed by atoms with E-state index in [1.807, 2.05) is 7.05 Å². The van der Waals surface area contributed by atoms with Crippen molar-refractivity contribution in [3.8, 4) is 0 Å². The van der Waals surface area contributed by atoms with E-state index in [0.29, 0.717) is 12.0 Å². The summed E-state index contributed by atoms with van der Waals surface area (Å²) in [6.07, 6.45) is 3.74. The van der Waals surface area contributed by atoms with Crippen molar-refractivity contribution >= 4 is 29.9 Å². The first-order valence-corrected chi connectivity index (χ1v) is 8.46. The van der Waals surface area contributed by atoms with Crippen LogP contribution in [0.4, 0.5) is 0 Å². The molecule has 2 saturated heterocycles. The highest BCUT2D eigenvalue weighted by molar-refractivity contribution is 14.0. The third kappa shape index (κ3) is 6.36. The van der Waals surface area contributed by atoms with E-state index in [-0.39, 0.29) is 24.0 Å². The van der Waals surface area contributed by atoms with Crippen LogP contribution in [0.5, 0.6) is 0 Å². The lowest BCUT2D eigenvalue weighted by atomic mass is 10.1. The largest absolute Gasteiger partial charge is 0.384 e. The number of likely N-dealkylation sites (tertiary alicyclic amines) is 2. The number of nitrogens with one attached hydrogen (secondary N) is 1. The van der Waals surface area contributed by atoms with Crippen LogP contribution in [0.15, 0.2) is 4.99 Å². The van der Waals surface area contributed by atoms with Crippen LogP contribution < -0.4 is 5.32 Å². The minimum Gasteiger partial charge on any atom is -0.384 e. The molecule has 0 radical (unpaired) electrons. The number of hydrogen-bond donors (Lipinski definition) is 1. The molecule has 0 saturated carbocycles. The van der Waals surface area contributed by atoms with Gasteiger partial charge in [0.15, 0.2) is 5.96 Å². The minimum absolute atomic E-state index is 0. The summed E-state index contributed by atoms with van der Waals surface area (Å²) in [6, 6.07) is 0.601. The number of ether oxygens (including phenoxy) is 2. The zero-order valence-corrected chi connectivity index (χ0v) is 17.1. The lowest BCUT2D eigenvalue weighted by molar-refractivity contribution is 0.141. The second-order valence-electron chi connectivity index (χ2n) is 6.31. The molecule has 2 heterocycles. The van der Waals surface area contributed by atoms with Gasteiger partial charge in [-0.1, -0.05) is 0 Å². The molecule has 0 spiro atoms. The fraction of sp³-hybridized carbons (Fsp3) is 0.938. The van der Waals surface area contributed by atoms with Crippen LogP contribution >= 0.6 is 24.0 Å². The van der Waals surface area contributed by atoms with Gasteiger partial charge in [-0.2, -0.15) is 0 Å². The van der Waals surface area contributed by atoms with Gasteiger partial charge in [-0.05, 0) is 25.8 Å². The number of rotatable bonds is 7. The van der Waals surface area contributed by atoms with E-state index >= 15 is 0 Å². The molecular formula is C16H33IN4O2. The predicted molar refractivity (Wildman–Crippen MR) is 105 cm³/mol. The quantitative estimate of drug-likeness (QED) is 0.367. The van der Waals surface area contributed by atoms with E-state index in [1.165, 1.54) is 25.8 Å². The maximum absolute atomic E-state index is 5.27. The van der Waals surface area contributed by atoms with Gasteiger partial charge in [0.1, 0.15) is 0 Å². The highest BCUT2D eigenvalue weighted by Gasteiger charge is 2.27. The van der Waals surface area contributed by atoms with Gasteiger partial charge in [-0.3, -0.25) is 9.89 Å². The standard InChI is InChI=1S/C16H32N4O2.HI/c1-17-16(20-8-6-14(12-20)13-22-3)18-11-15-5-4-7-19(15)9-10-21-2;/h14-15H,4-13H2,1-3H3,(H,17,18);1H. The Labute approximate surface area is 158 Å². The van der Waals surface area contributed by atoms with E-state index in [2.05, 4.69) is 20.1 Å². The smallest absolute Gasteiger partial charge is 0.193 e. The average Bonchev–Trinajstić information content (AvgIpc) is 3.16. The summed E-state index contributed by atoms with van der Waals surface area (Å²) >= 11 is 0. The van der Waals surface area contributed by atoms with Crippen molar-refractivity contribution in [2.75, 3.05) is 67.2 Å². The first-order valence-electron chi connectivity index (χ1n) is 8.46. The van der Waals surface area contributed by atoms with Crippen molar-refractivity contribution in [2.24, 2.45) is 10.9 Å². The number of nitrogens with zero attached hydrogens (tertiary/aromatic N) is 3. The number of hydrogen-bond acceptors (Lipinski definition) is 4. The lowest BCUT2D eigenvalue weighted by Gasteiger charge is -2.27. The molecule has 0 aromatic carbocycles. The van der Waals surface area contributed by atoms with E-state index in [0.717, 1.165) is 45.4 Å². The summed E-state index contributed by atoms with van der Waals surface area (Å²) < 4.78 is 10.5. The van der Waals surface area contributed by atoms with E-state index in [4.69, 9.17) is 9.47 Å². The third-order valence-electron chi connectivity index (χ3n) is 4.78. The molecule has 0 aromatic heterocycles. The number of halogens is 1. The molecule has 0 amide bonds. The van der Waals surface area contributed by atoms with Crippen molar-refractivity contribution in [3.63, 3.8) is 0 Å². The van der Waals surface area contributed by atoms with Crippen LogP contribution in [0.25, 0.3) is 0 Å². The fourth-order valence-electron chi connectivity index (χ4n) is 3.57. The zero-order valence-electron chi connectivity index (χ0n) is 14.8. The van der Waals surface area contributed by atoms with Crippen LogP contribution in [-0.4, -0.2) is 89.0 Å². The van der Waals surface area contributed by atoms with Crippen LogP contribution in [0, 0.1) is 5.92 Å². The highest BCUT2D eigenvalue weighted by Crippen LogP contribution is 2.18. The Balaban J connectivity index is 0.00000264. The van der Waals surface area contributed by atoms with Crippen LogP contribution in [-0.2, 0) is 9.47 Å². The summed E-state index contributed by atoms with van der Waals surface area (Å²) in [5.74, 6) is 1.67. The molecule has 0 bridgehead atoms. The van der Waals surface area contributed by atoms with Gasteiger partial charge < -0.3 is 19.7 Å². The van der Waals surface area contributed by atoms with Crippen molar-refractivity contribution < 1.29 is 9.47 Å². The molecule has 23 heavy (non-hydrogen) atoms. The second-order valence-corrected chi connectivity index (χ2v) is 6.31. The molecule has 0 aliphatic carbocycles. The molecule has 136 valence electrons. The molecule has 7 heteroatoms. The van der Waals surface area contributed by atoms with Crippen molar-refractivity contribution in [1.29, 1.82) is 0 Å². The van der Waals surface area contributed by atoms with Crippen molar-refractivity contribution in [2.45, 2.75) is 25.3 Å². The monoisotopic (exact) mass is 440 g/mol. The van der Waals surface area contributed by atoms with Crippen LogP contribution in [0.2, 0.25) is 0 Å². The molecule has 2 aliphatic heterocycles. The van der Waals surface area contributed by atoms with Crippen LogP contribution in [0.1, 0.15) is 19.3 Å². The van der Waals surface area contributed by atoms with Gasteiger partial charge >= 0.3 is 0 Å². The maximum atomic E-state index is 5.27. The van der Waals surface area contributed by atoms with Crippen LogP contribution in [0.3, 0.4) is 0 Å². The Kier molecular flexibility index (Phi) is 10.4. The summed E-state index contributed by atoms with van der Waals surface area (Å²) in [4.78, 5) is 9.35. The van der Waals surface area contributed by atoms with Gasteiger partial charge in [0.2, 0.25) is 0 Å². The fourth-order valence-corrected chi connectivity index (χ4v) is 3.57. The molecule has 2 rings (SSSR count). The Morgan fingerprint density at radius 2 is 2.04 bits per heavy atom.